The summed E-state index contributed by atoms with van der Waals surface area (Å²) >= 11 is 0. The predicted octanol–water partition coefficient (Wildman–Crippen LogP) is 3.29. The number of nitrogens with one attached hydrogen (secondary N) is 2. The van der Waals surface area contributed by atoms with Crippen LogP contribution in [0, 0.1) is 0 Å². The molecule has 0 aliphatic rings. The smallest absolute Gasteiger partial charge is 0.228 e. The van der Waals surface area contributed by atoms with Gasteiger partial charge in [-0.3, -0.25) is 14.4 Å². The molecule has 2 rings (SSSR count). The summed E-state index contributed by atoms with van der Waals surface area (Å²) in [6, 6.07) is 16.8. The third kappa shape index (κ3) is 7.86. The van der Waals surface area contributed by atoms with Gasteiger partial charge in [-0.2, -0.15) is 0 Å². The summed E-state index contributed by atoms with van der Waals surface area (Å²) < 4.78 is 0. The molecule has 2 amide bonds. The highest BCUT2D eigenvalue weighted by Gasteiger charge is 2.08. The molecule has 2 N–H and O–H groups in total. The molecule has 2 aromatic rings. The van der Waals surface area contributed by atoms with Crippen molar-refractivity contribution < 1.29 is 14.4 Å². The third-order valence-electron chi connectivity index (χ3n) is 4.05. The Labute approximate surface area is 160 Å². The maximum absolute atomic E-state index is 12.1. The van der Waals surface area contributed by atoms with Gasteiger partial charge < -0.3 is 10.6 Å². The summed E-state index contributed by atoms with van der Waals surface area (Å²) in [5, 5.41) is 5.62. The topological polar surface area (TPSA) is 75.3 Å². The van der Waals surface area contributed by atoms with Crippen LogP contribution < -0.4 is 10.6 Å². The Morgan fingerprint density at radius 3 is 2.11 bits per heavy atom. The van der Waals surface area contributed by atoms with E-state index in [1.807, 2.05) is 49.4 Å². The maximum atomic E-state index is 12.1. The fraction of sp³-hybridized carbons (Fsp3) is 0.318. The summed E-state index contributed by atoms with van der Waals surface area (Å²) in [4.78, 5) is 35.6. The average Bonchev–Trinajstić information content (AvgIpc) is 2.67. The van der Waals surface area contributed by atoms with Crippen LogP contribution in [-0.4, -0.2) is 24.1 Å². The van der Waals surface area contributed by atoms with Gasteiger partial charge >= 0.3 is 0 Å². The highest BCUT2D eigenvalue weighted by molar-refractivity contribution is 5.92. The zero-order chi connectivity index (χ0) is 19.5. The first-order valence-corrected chi connectivity index (χ1v) is 9.28. The highest BCUT2D eigenvalue weighted by Crippen LogP contribution is 2.12. The van der Waals surface area contributed by atoms with Gasteiger partial charge in [0.1, 0.15) is 5.78 Å². The molecule has 0 radical (unpaired) electrons. The molecule has 0 unspecified atom stereocenters. The predicted molar refractivity (Wildman–Crippen MR) is 106 cm³/mol. The zero-order valence-corrected chi connectivity index (χ0v) is 15.7. The number of carbonyl (C=O) groups is 3. The Morgan fingerprint density at radius 1 is 0.778 bits per heavy atom. The first kappa shape index (κ1) is 20.4. The van der Waals surface area contributed by atoms with Crippen molar-refractivity contribution in [2.24, 2.45) is 0 Å². The van der Waals surface area contributed by atoms with Gasteiger partial charge in [-0.25, -0.2) is 0 Å². The Kier molecular flexibility index (Phi) is 8.23. The molecule has 0 saturated heterocycles. The summed E-state index contributed by atoms with van der Waals surface area (Å²) in [5.41, 5.74) is 2.53. The van der Waals surface area contributed by atoms with E-state index in [1.165, 1.54) is 0 Å². The number of rotatable bonds is 10. The Hall–Kier alpha value is -2.95. The van der Waals surface area contributed by atoms with Crippen molar-refractivity contribution in [3.63, 3.8) is 0 Å². The minimum Gasteiger partial charge on any atom is -0.356 e. The molecule has 5 nitrogen and oxygen atoms in total. The van der Waals surface area contributed by atoms with E-state index in [2.05, 4.69) is 10.6 Å². The number of ketones is 1. The molecule has 27 heavy (non-hydrogen) atoms. The van der Waals surface area contributed by atoms with Gasteiger partial charge in [0.25, 0.3) is 0 Å². The van der Waals surface area contributed by atoms with Gasteiger partial charge in [-0.05, 0) is 29.7 Å². The second-order valence-electron chi connectivity index (χ2n) is 6.47. The molecule has 5 heteroatoms. The number of Topliss-reactive ketones (excluding diaryl/α,β-unsaturated/α-hetero) is 1. The van der Waals surface area contributed by atoms with Crippen LogP contribution >= 0.6 is 0 Å². The van der Waals surface area contributed by atoms with E-state index in [0.29, 0.717) is 25.1 Å². The first-order chi connectivity index (χ1) is 13.1. The largest absolute Gasteiger partial charge is 0.356 e. The van der Waals surface area contributed by atoms with E-state index >= 15 is 0 Å². The van der Waals surface area contributed by atoms with Gasteiger partial charge in [0.2, 0.25) is 11.8 Å². The Balaban J connectivity index is 1.76. The molecule has 0 bridgehead atoms. The minimum atomic E-state index is -0.0818. The summed E-state index contributed by atoms with van der Waals surface area (Å²) in [6.07, 6.45) is 1.96. The minimum absolute atomic E-state index is 0.0301. The molecule has 0 aromatic heterocycles. The van der Waals surface area contributed by atoms with E-state index < -0.39 is 0 Å². The number of hydrogen-bond donors (Lipinski definition) is 2. The quantitative estimate of drug-likeness (QED) is 0.677. The van der Waals surface area contributed by atoms with Crippen LogP contribution in [0.3, 0.4) is 0 Å². The summed E-state index contributed by atoms with van der Waals surface area (Å²) in [6.45, 7) is 2.63. The lowest BCUT2D eigenvalue weighted by Gasteiger charge is -2.07. The fourth-order valence-electron chi connectivity index (χ4n) is 2.61. The number of benzene rings is 2. The molecule has 0 atom stereocenters. The van der Waals surface area contributed by atoms with Gasteiger partial charge in [0, 0.05) is 31.5 Å². The van der Waals surface area contributed by atoms with E-state index in [-0.39, 0.29) is 30.4 Å². The van der Waals surface area contributed by atoms with Gasteiger partial charge in [0.05, 0.1) is 6.42 Å². The molecule has 0 aliphatic carbocycles. The van der Waals surface area contributed by atoms with Crippen LogP contribution in [0.5, 0.6) is 0 Å². The van der Waals surface area contributed by atoms with Crippen molar-refractivity contribution in [1.29, 1.82) is 0 Å². The average molecular weight is 366 g/mol. The van der Waals surface area contributed by atoms with Crippen LogP contribution in [0.25, 0.3) is 0 Å². The van der Waals surface area contributed by atoms with Crippen LogP contribution in [0.15, 0.2) is 54.6 Å². The lowest BCUT2D eigenvalue weighted by atomic mass is 10.1. The molecule has 2 aromatic carbocycles. The van der Waals surface area contributed by atoms with Crippen LogP contribution in [-0.2, 0) is 27.2 Å². The van der Waals surface area contributed by atoms with Crippen LogP contribution in [0.4, 0.5) is 5.69 Å². The molecule has 0 heterocycles. The van der Waals surface area contributed by atoms with E-state index in [4.69, 9.17) is 0 Å². The second kappa shape index (κ2) is 10.9. The third-order valence-corrected chi connectivity index (χ3v) is 4.05. The van der Waals surface area contributed by atoms with Gasteiger partial charge in [-0.1, -0.05) is 49.4 Å². The van der Waals surface area contributed by atoms with Crippen molar-refractivity contribution >= 4 is 23.3 Å². The van der Waals surface area contributed by atoms with Crippen LogP contribution in [0.2, 0.25) is 0 Å². The monoisotopic (exact) mass is 366 g/mol. The lowest BCUT2D eigenvalue weighted by Crippen LogP contribution is -2.24. The number of carbonyl (C=O) groups excluding carboxylic acids is 3. The molecule has 142 valence electrons. The molecule has 0 spiro atoms. The summed E-state index contributed by atoms with van der Waals surface area (Å²) in [5.74, 6) is -0.132. The molecule has 0 aliphatic heterocycles. The van der Waals surface area contributed by atoms with Crippen molar-refractivity contribution in [3.05, 3.63) is 65.7 Å². The second-order valence-corrected chi connectivity index (χ2v) is 6.47. The van der Waals surface area contributed by atoms with Crippen molar-refractivity contribution in [2.75, 3.05) is 11.9 Å². The van der Waals surface area contributed by atoms with Gasteiger partial charge in [0.15, 0.2) is 0 Å². The molecule has 0 saturated carbocycles. The van der Waals surface area contributed by atoms with Crippen molar-refractivity contribution in [3.8, 4) is 0 Å². The van der Waals surface area contributed by atoms with E-state index in [1.54, 1.807) is 12.1 Å². The van der Waals surface area contributed by atoms with Crippen molar-refractivity contribution in [1.82, 2.24) is 5.32 Å². The van der Waals surface area contributed by atoms with E-state index in [9.17, 15) is 14.4 Å². The molecular formula is C22H26N2O3. The number of amides is 2. The normalized spacial score (nSPS) is 10.3. The standard InChI is InChI=1S/C22H26N2O3/c1-2-14-23-21(26)13-12-20(25)15-18-8-10-19(11-9-18)24-22(27)16-17-6-4-3-5-7-17/h3-11H,2,12-16H2,1H3,(H,23,26)(H,24,27). The highest BCUT2D eigenvalue weighted by atomic mass is 16.2. The summed E-state index contributed by atoms with van der Waals surface area (Å²) in [7, 11) is 0. The molecule has 0 fully saturated rings. The van der Waals surface area contributed by atoms with Crippen LogP contribution in [0.1, 0.15) is 37.3 Å². The fourth-order valence-corrected chi connectivity index (χ4v) is 2.61. The SMILES string of the molecule is CCCNC(=O)CCC(=O)Cc1ccc(NC(=O)Cc2ccccc2)cc1. The maximum Gasteiger partial charge on any atom is 0.228 e. The van der Waals surface area contributed by atoms with E-state index in [0.717, 1.165) is 17.5 Å². The number of hydrogen-bond acceptors (Lipinski definition) is 3. The van der Waals surface area contributed by atoms with Gasteiger partial charge in [-0.15, -0.1) is 0 Å². The lowest BCUT2D eigenvalue weighted by molar-refractivity contribution is -0.125. The first-order valence-electron chi connectivity index (χ1n) is 9.28. The Morgan fingerprint density at radius 2 is 1.44 bits per heavy atom. The zero-order valence-electron chi connectivity index (χ0n) is 15.7. The number of anilines is 1. The Bertz CT molecular complexity index is 755. The van der Waals surface area contributed by atoms with Crippen molar-refractivity contribution in [2.45, 2.75) is 39.0 Å². The molecular weight excluding hydrogens is 340 g/mol.